The van der Waals surface area contributed by atoms with E-state index in [2.05, 4.69) is 0 Å². The summed E-state index contributed by atoms with van der Waals surface area (Å²) in [6, 6.07) is 13.5. The van der Waals surface area contributed by atoms with Gasteiger partial charge in [-0.25, -0.2) is 4.79 Å². The number of hydrogen-bond donors (Lipinski definition) is 0. The first-order valence-electron chi connectivity index (χ1n) is 9.80. The Bertz CT molecular complexity index is 847. The molecule has 3 heteroatoms. The van der Waals surface area contributed by atoms with Crippen LogP contribution in [0.1, 0.15) is 48.9 Å². The fraction of sp³-hybridized carbons (Fsp3) is 0.478. The van der Waals surface area contributed by atoms with Crippen molar-refractivity contribution in [1.82, 2.24) is 0 Å². The molecule has 4 aliphatic rings. The molecular formula is C23H24O3. The average molecular weight is 348 g/mol. The largest absolute Gasteiger partial charge is 0.454 e. The summed E-state index contributed by atoms with van der Waals surface area (Å²) in [5.41, 5.74) is 0.320. The first-order valence-corrected chi connectivity index (χ1v) is 9.80. The van der Waals surface area contributed by atoms with Crippen molar-refractivity contribution in [1.29, 1.82) is 0 Å². The first kappa shape index (κ1) is 16.0. The van der Waals surface area contributed by atoms with E-state index >= 15 is 0 Å². The molecule has 4 aliphatic carbocycles. The van der Waals surface area contributed by atoms with Crippen LogP contribution in [0, 0.1) is 23.2 Å². The minimum absolute atomic E-state index is 0.0716. The molecule has 0 radical (unpaired) electrons. The highest BCUT2D eigenvalue weighted by atomic mass is 16.5. The van der Waals surface area contributed by atoms with Crippen LogP contribution in [-0.2, 0) is 9.53 Å². The third kappa shape index (κ3) is 2.65. The fourth-order valence-electron chi connectivity index (χ4n) is 6.14. The Morgan fingerprint density at radius 2 is 1.50 bits per heavy atom. The quantitative estimate of drug-likeness (QED) is 0.747. The molecule has 134 valence electrons. The van der Waals surface area contributed by atoms with Crippen LogP contribution in [-0.4, -0.2) is 18.4 Å². The summed E-state index contributed by atoms with van der Waals surface area (Å²) in [5, 5.41) is 2.10. The van der Waals surface area contributed by atoms with Gasteiger partial charge in [-0.15, -0.1) is 0 Å². The van der Waals surface area contributed by atoms with Crippen LogP contribution in [0.3, 0.4) is 0 Å². The maximum Gasteiger partial charge on any atom is 0.338 e. The van der Waals surface area contributed by atoms with Crippen LogP contribution in [0.25, 0.3) is 10.8 Å². The fourth-order valence-corrected chi connectivity index (χ4v) is 6.14. The predicted molar refractivity (Wildman–Crippen MR) is 99.8 cm³/mol. The minimum Gasteiger partial charge on any atom is -0.454 e. The lowest BCUT2D eigenvalue weighted by molar-refractivity contribution is -0.147. The number of hydrogen-bond acceptors (Lipinski definition) is 3. The monoisotopic (exact) mass is 348 g/mol. The maximum absolute atomic E-state index is 13.0. The summed E-state index contributed by atoms with van der Waals surface area (Å²) in [6.45, 7) is -0.0716. The van der Waals surface area contributed by atoms with Crippen LogP contribution < -0.4 is 0 Å². The first-order chi connectivity index (χ1) is 12.6. The molecule has 0 saturated heterocycles. The van der Waals surface area contributed by atoms with Gasteiger partial charge < -0.3 is 4.74 Å². The zero-order valence-corrected chi connectivity index (χ0v) is 14.9. The van der Waals surface area contributed by atoms with Crippen molar-refractivity contribution in [3.8, 4) is 0 Å². The van der Waals surface area contributed by atoms with E-state index in [4.69, 9.17) is 4.74 Å². The second-order valence-corrected chi connectivity index (χ2v) is 8.76. The molecule has 4 fully saturated rings. The third-order valence-corrected chi connectivity index (χ3v) is 6.95. The Hall–Kier alpha value is -2.16. The molecule has 0 unspecified atom stereocenters. The molecule has 0 spiro atoms. The molecule has 0 heterocycles. The van der Waals surface area contributed by atoms with Gasteiger partial charge in [0.1, 0.15) is 0 Å². The second-order valence-electron chi connectivity index (χ2n) is 8.76. The topological polar surface area (TPSA) is 43.4 Å². The summed E-state index contributed by atoms with van der Waals surface area (Å²) in [5.74, 6) is 1.93. The summed E-state index contributed by atoms with van der Waals surface area (Å²) >= 11 is 0. The Kier molecular flexibility index (Phi) is 3.66. The smallest absolute Gasteiger partial charge is 0.338 e. The number of ketones is 1. The molecular weight excluding hydrogens is 324 g/mol. The van der Waals surface area contributed by atoms with E-state index in [1.165, 1.54) is 19.3 Å². The van der Waals surface area contributed by atoms with Crippen LogP contribution in [0.15, 0.2) is 42.5 Å². The molecule has 26 heavy (non-hydrogen) atoms. The van der Waals surface area contributed by atoms with Gasteiger partial charge in [-0.05, 0) is 79.2 Å². The van der Waals surface area contributed by atoms with Crippen molar-refractivity contribution in [2.75, 3.05) is 6.61 Å². The highest BCUT2D eigenvalue weighted by Crippen LogP contribution is 2.60. The normalized spacial score (nSPS) is 31.9. The van der Waals surface area contributed by atoms with Crippen LogP contribution in [0.5, 0.6) is 0 Å². The van der Waals surface area contributed by atoms with Crippen LogP contribution in [0.2, 0.25) is 0 Å². The molecule has 0 aromatic heterocycles. The van der Waals surface area contributed by atoms with E-state index < -0.39 is 5.97 Å². The summed E-state index contributed by atoms with van der Waals surface area (Å²) in [7, 11) is 0. The Morgan fingerprint density at radius 1 is 0.885 bits per heavy atom. The molecule has 4 saturated carbocycles. The second kappa shape index (κ2) is 5.94. The summed E-state index contributed by atoms with van der Waals surface area (Å²) in [4.78, 5) is 25.4. The molecule has 6 rings (SSSR count). The standard InChI is InChI=1S/C23H24O3/c24-21(23-11-15-7-16(12-23)9-17(8-15)13-23)14-26-22(25)20-6-5-18-3-1-2-4-19(18)10-20/h1-6,10,15-17H,7-9,11-14H2. The van der Waals surface area contributed by atoms with E-state index in [1.54, 1.807) is 6.07 Å². The Balaban J connectivity index is 1.28. The van der Waals surface area contributed by atoms with Gasteiger partial charge in [-0.2, -0.15) is 0 Å². The van der Waals surface area contributed by atoms with Gasteiger partial charge in [0.05, 0.1) is 5.56 Å². The number of ether oxygens (including phenoxy) is 1. The summed E-state index contributed by atoms with van der Waals surface area (Å²) < 4.78 is 5.44. The van der Waals surface area contributed by atoms with Gasteiger partial charge >= 0.3 is 5.97 Å². The lowest BCUT2D eigenvalue weighted by Gasteiger charge is -2.55. The maximum atomic E-state index is 13.0. The lowest BCUT2D eigenvalue weighted by atomic mass is 9.48. The minimum atomic E-state index is -0.395. The van der Waals surface area contributed by atoms with E-state index in [-0.39, 0.29) is 17.8 Å². The van der Waals surface area contributed by atoms with E-state index in [0.29, 0.717) is 5.56 Å². The van der Waals surface area contributed by atoms with Crippen molar-refractivity contribution in [3.63, 3.8) is 0 Å². The van der Waals surface area contributed by atoms with Crippen molar-refractivity contribution in [3.05, 3.63) is 48.0 Å². The molecule has 0 N–H and O–H groups in total. The van der Waals surface area contributed by atoms with Gasteiger partial charge in [0.25, 0.3) is 0 Å². The van der Waals surface area contributed by atoms with Gasteiger partial charge in [0.2, 0.25) is 0 Å². The molecule has 2 aromatic rings. The van der Waals surface area contributed by atoms with Crippen LogP contribution in [0.4, 0.5) is 0 Å². The highest BCUT2D eigenvalue weighted by Gasteiger charge is 2.54. The van der Waals surface area contributed by atoms with E-state index in [1.807, 2.05) is 36.4 Å². The summed E-state index contributed by atoms with van der Waals surface area (Å²) in [6.07, 6.45) is 6.98. The van der Waals surface area contributed by atoms with Crippen molar-refractivity contribution >= 4 is 22.5 Å². The molecule has 2 aromatic carbocycles. The molecule has 0 aliphatic heterocycles. The third-order valence-electron chi connectivity index (χ3n) is 6.95. The SMILES string of the molecule is O=C(OCC(=O)C12CC3CC(CC(C3)C1)C2)c1ccc2ccccc2c1. The van der Waals surface area contributed by atoms with Crippen molar-refractivity contribution < 1.29 is 14.3 Å². The number of esters is 1. The number of carbonyl (C=O) groups excluding carboxylic acids is 2. The Morgan fingerprint density at radius 3 is 2.15 bits per heavy atom. The van der Waals surface area contributed by atoms with Crippen molar-refractivity contribution in [2.24, 2.45) is 23.2 Å². The van der Waals surface area contributed by atoms with E-state index in [9.17, 15) is 9.59 Å². The average Bonchev–Trinajstić information content (AvgIpc) is 2.64. The molecule has 4 bridgehead atoms. The van der Waals surface area contributed by atoms with Gasteiger partial charge in [0, 0.05) is 5.41 Å². The number of fused-ring (bicyclic) bond motifs is 1. The van der Waals surface area contributed by atoms with Crippen molar-refractivity contribution in [2.45, 2.75) is 38.5 Å². The van der Waals surface area contributed by atoms with Crippen LogP contribution >= 0.6 is 0 Å². The molecule has 0 amide bonds. The number of rotatable bonds is 4. The van der Waals surface area contributed by atoms with E-state index in [0.717, 1.165) is 47.8 Å². The predicted octanol–water partition coefficient (Wildman–Crippen LogP) is 4.78. The zero-order chi connectivity index (χ0) is 17.7. The van der Waals surface area contributed by atoms with Gasteiger partial charge in [-0.1, -0.05) is 30.3 Å². The number of carbonyl (C=O) groups is 2. The molecule has 0 atom stereocenters. The zero-order valence-electron chi connectivity index (χ0n) is 14.9. The Labute approximate surface area is 153 Å². The lowest BCUT2D eigenvalue weighted by Crippen LogP contribution is -2.51. The number of benzene rings is 2. The molecule has 3 nitrogen and oxygen atoms in total. The number of Topliss-reactive ketones (excluding diaryl/α,β-unsaturated/α-hetero) is 1. The highest BCUT2D eigenvalue weighted by molar-refractivity contribution is 5.97. The van der Waals surface area contributed by atoms with Gasteiger partial charge in [-0.3, -0.25) is 4.79 Å². The van der Waals surface area contributed by atoms with Gasteiger partial charge in [0.15, 0.2) is 12.4 Å².